The predicted octanol–water partition coefficient (Wildman–Crippen LogP) is 5.62. The molecule has 4 aliphatic carbocycles. The fraction of sp³-hybridized carbons (Fsp3) is 0.536. The highest BCUT2D eigenvalue weighted by Gasteiger charge is 2.59. The Hall–Kier alpha value is -2.56. The zero-order valence-electron chi connectivity index (χ0n) is 19.5. The number of ether oxygens (including phenoxy) is 1. The van der Waals surface area contributed by atoms with Gasteiger partial charge in [-0.2, -0.15) is 0 Å². The van der Waals surface area contributed by atoms with E-state index in [-0.39, 0.29) is 28.3 Å². The molecule has 0 saturated heterocycles. The van der Waals surface area contributed by atoms with Crippen LogP contribution in [0.5, 0.6) is 0 Å². The third-order valence-electron chi connectivity index (χ3n) is 9.19. The summed E-state index contributed by atoms with van der Waals surface area (Å²) in [5, 5.41) is 0. The topological polar surface area (TPSA) is 60.4 Å². The largest absolute Gasteiger partial charge is 0.455 e. The molecular weight excluding hydrogens is 419 g/mol. The molecule has 1 aromatic rings. The van der Waals surface area contributed by atoms with Crippen molar-refractivity contribution in [1.82, 2.24) is 0 Å². The number of benzene rings is 1. The van der Waals surface area contributed by atoms with Gasteiger partial charge < -0.3 is 4.74 Å². The normalized spacial score (nSPS) is 37.3. The average Bonchev–Trinajstić information content (AvgIpc) is 3.13. The zero-order valence-corrected chi connectivity index (χ0v) is 19.5. The molecule has 174 valence electrons. The first-order chi connectivity index (χ1) is 15.6. The molecule has 0 spiro atoms. The second-order valence-electron chi connectivity index (χ2n) is 10.9. The summed E-state index contributed by atoms with van der Waals surface area (Å²) in [5.41, 5.74) is 1.74. The van der Waals surface area contributed by atoms with Crippen LogP contribution < -0.4 is 0 Å². The molecule has 0 amide bonds. The van der Waals surface area contributed by atoms with E-state index in [4.69, 9.17) is 4.74 Å². The molecular formula is C28H31FO4. The average molecular weight is 451 g/mol. The third kappa shape index (κ3) is 3.43. The van der Waals surface area contributed by atoms with E-state index in [2.05, 4.69) is 19.9 Å². The Balaban J connectivity index is 1.37. The summed E-state index contributed by atoms with van der Waals surface area (Å²) in [7, 11) is 0. The number of rotatable bonds is 3. The Morgan fingerprint density at radius 1 is 1.03 bits per heavy atom. The number of esters is 1. The van der Waals surface area contributed by atoms with Crippen LogP contribution in [0.4, 0.5) is 4.39 Å². The molecule has 5 heteroatoms. The van der Waals surface area contributed by atoms with Gasteiger partial charge in [-0.05, 0) is 104 Å². The Kier molecular flexibility index (Phi) is 5.22. The number of ketones is 2. The van der Waals surface area contributed by atoms with Crippen molar-refractivity contribution in [3.8, 4) is 0 Å². The van der Waals surface area contributed by atoms with Gasteiger partial charge >= 0.3 is 5.97 Å². The predicted molar refractivity (Wildman–Crippen MR) is 122 cm³/mol. The van der Waals surface area contributed by atoms with E-state index in [9.17, 15) is 18.8 Å². The molecule has 4 nitrogen and oxygen atoms in total. The zero-order chi connectivity index (χ0) is 23.5. The first-order valence-corrected chi connectivity index (χ1v) is 12.1. The molecule has 4 aliphatic rings. The van der Waals surface area contributed by atoms with Crippen LogP contribution in [0.15, 0.2) is 47.6 Å². The van der Waals surface area contributed by atoms with Crippen LogP contribution in [-0.4, -0.2) is 23.6 Å². The molecule has 0 bridgehead atoms. The van der Waals surface area contributed by atoms with Crippen LogP contribution in [-0.2, 0) is 14.3 Å². The molecule has 5 rings (SSSR count). The molecule has 1 aromatic carbocycles. The molecule has 2 saturated carbocycles. The van der Waals surface area contributed by atoms with Crippen LogP contribution in [0, 0.1) is 34.4 Å². The number of halogens is 1. The first kappa shape index (κ1) is 22.2. The lowest BCUT2D eigenvalue weighted by molar-refractivity contribution is -0.128. The van der Waals surface area contributed by atoms with Gasteiger partial charge in [0.05, 0.1) is 5.56 Å². The van der Waals surface area contributed by atoms with E-state index in [0.29, 0.717) is 30.2 Å². The number of fused-ring (bicyclic) bond motifs is 5. The van der Waals surface area contributed by atoms with Crippen molar-refractivity contribution >= 4 is 17.5 Å². The van der Waals surface area contributed by atoms with Gasteiger partial charge in [-0.1, -0.05) is 19.9 Å². The summed E-state index contributed by atoms with van der Waals surface area (Å²) < 4.78 is 18.8. The van der Waals surface area contributed by atoms with Crippen molar-refractivity contribution in [2.24, 2.45) is 28.6 Å². The second-order valence-corrected chi connectivity index (χ2v) is 10.9. The monoisotopic (exact) mass is 450 g/mol. The van der Waals surface area contributed by atoms with Crippen molar-refractivity contribution in [2.75, 3.05) is 0 Å². The van der Waals surface area contributed by atoms with Crippen molar-refractivity contribution in [1.29, 1.82) is 0 Å². The van der Waals surface area contributed by atoms with Gasteiger partial charge in [0.25, 0.3) is 0 Å². The fourth-order valence-electron chi connectivity index (χ4n) is 7.52. The summed E-state index contributed by atoms with van der Waals surface area (Å²) in [4.78, 5) is 38.2. The van der Waals surface area contributed by atoms with Gasteiger partial charge in [-0.25, -0.2) is 9.18 Å². The second kappa shape index (κ2) is 7.75. The lowest BCUT2D eigenvalue weighted by Gasteiger charge is -2.57. The Morgan fingerprint density at radius 2 is 1.73 bits per heavy atom. The van der Waals surface area contributed by atoms with Gasteiger partial charge in [0, 0.05) is 12.0 Å². The van der Waals surface area contributed by atoms with Crippen molar-refractivity contribution in [2.45, 2.75) is 65.4 Å². The number of carbonyl (C=O) groups excluding carboxylic acids is 3. The highest BCUT2D eigenvalue weighted by atomic mass is 19.1. The van der Waals surface area contributed by atoms with E-state index in [1.54, 1.807) is 6.92 Å². The molecule has 33 heavy (non-hydrogen) atoms. The van der Waals surface area contributed by atoms with Gasteiger partial charge in [-0.15, -0.1) is 0 Å². The van der Waals surface area contributed by atoms with E-state index < -0.39 is 17.9 Å². The number of allylic oxidation sites excluding steroid dienone is 3. The van der Waals surface area contributed by atoms with E-state index in [1.165, 1.54) is 24.3 Å². The number of carbonyl (C=O) groups is 3. The molecule has 6 atom stereocenters. The molecule has 0 aliphatic heterocycles. The van der Waals surface area contributed by atoms with Crippen LogP contribution in [0.25, 0.3) is 0 Å². The van der Waals surface area contributed by atoms with Crippen LogP contribution in [0.2, 0.25) is 0 Å². The highest BCUT2D eigenvalue weighted by Crippen LogP contribution is 2.64. The van der Waals surface area contributed by atoms with Gasteiger partial charge in [-0.3, -0.25) is 9.59 Å². The summed E-state index contributed by atoms with van der Waals surface area (Å²) in [6.07, 6.45) is 8.39. The maximum absolute atomic E-state index is 13.4. The standard InChI is InChI=1S/C28H31FO4/c1-16(30)21-8-9-22-20-15-25(31)24-14-19(33-26(32)17-4-6-18(29)7-5-17)10-12-28(24,3)23(20)11-13-27(21,22)2/h4-8,14,19-20,22-23H,9-13,15H2,1-3H3/t19-,20-,22-,23-,27+,28+/m0/s1. The SMILES string of the molecule is CC(=O)C1=CC[C@H]2[C@@H]3CC(=O)C4=C[C@@H](OC(=O)c5ccc(F)cc5)CC[C@]4(C)[C@H]3CC[C@]12C. The minimum absolute atomic E-state index is 0.118. The van der Waals surface area contributed by atoms with Gasteiger partial charge in [0.1, 0.15) is 11.9 Å². The summed E-state index contributed by atoms with van der Waals surface area (Å²) >= 11 is 0. The van der Waals surface area contributed by atoms with E-state index in [0.717, 1.165) is 36.8 Å². The first-order valence-electron chi connectivity index (χ1n) is 12.1. The van der Waals surface area contributed by atoms with E-state index >= 15 is 0 Å². The van der Waals surface area contributed by atoms with E-state index in [1.807, 2.05) is 6.08 Å². The van der Waals surface area contributed by atoms with Crippen LogP contribution in [0.1, 0.15) is 69.7 Å². The molecule has 0 heterocycles. The van der Waals surface area contributed by atoms with Crippen molar-refractivity contribution in [3.63, 3.8) is 0 Å². The number of Topliss-reactive ketones (excluding diaryl/α,β-unsaturated/α-hetero) is 2. The van der Waals surface area contributed by atoms with Gasteiger partial charge in [0.15, 0.2) is 11.6 Å². The summed E-state index contributed by atoms with van der Waals surface area (Å²) in [6.45, 7) is 6.09. The smallest absolute Gasteiger partial charge is 0.338 e. The number of hydrogen-bond donors (Lipinski definition) is 0. The van der Waals surface area contributed by atoms with Crippen LogP contribution >= 0.6 is 0 Å². The molecule has 0 radical (unpaired) electrons. The van der Waals surface area contributed by atoms with Gasteiger partial charge in [0.2, 0.25) is 0 Å². The maximum atomic E-state index is 13.4. The Bertz CT molecular complexity index is 1080. The molecule has 0 unspecified atom stereocenters. The quantitative estimate of drug-likeness (QED) is 0.561. The Labute approximate surface area is 194 Å². The molecule has 0 N–H and O–H groups in total. The lowest BCUT2D eigenvalue weighted by atomic mass is 9.46. The molecule has 2 fully saturated rings. The van der Waals surface area contributed by atoms with Crippen molar-refractivity contribution < 1.29 is 23.5 Å². The summed E-state index contributed by atoms with van der Waals surface area (Å²) in [5.74, 6) is 0.437. The minimum Gasteiger partial charge on any atom is -0.455 e. The maximum Gasteiger partial charge on any atom is 0.338 e. The third-order valence-corrected chi connectivity index (χ3v) is 9.19. The molecule has 0 aromatic heterocycles. The lowest BCUT2D eigenvalue weighted by Crippen LogP contribution is -2.53. The van der Waals surface area contributed by atoms with Crippen molar-refractivity contribution in [3.05, 3.63) is 58.9 Å². The highest BCUT2D eigenvalue weighted by molar-refractivity contribution is 5.99. The summed E-state index contributed by atoms with van der Waals surface area (Å²) in [6, 6.07) is 5.31. The Morgan fingerprint density at radius 3 is 2.42 bits per heavy atom. The number of hydrogen-bond acceptors (Lipinski definition) is 4. The van der Waals surface area contributed by atoms with Crippen LogP contribution in [0.3, 0.4) is 0 Å². The minimum atomic E-state index is -0.496. The fourth-order valence-corrected chi connectivity index (χ4v) is 7.52.